The third kappa shape index (κ3) is 7.05. The first-order chi connectivity index (χ1) is 15.3. The summed E-state index contributed by atoms with van der Waals surface area (Å²) in [7, 11) is 0. The first-order valence-electron chi connectivity index (χ1n) is 11.9. The number of aromatic nitrogens is 2. The second-order valence-corrected chi connectivity index (χ2v) is 9.47. The second kappa shape index (κ2) is 11.5. The van der Waals surface area contributed by atoms with Crippen LogP contribution in [-0.2, 0) is 24.2 Å². The summed E-state index contributed by atoms with van der Waals surface area (Å²) in [6.45, 7) is 13.3. The van der Waals surface area contributed by atoms with E-state index in [1.165, 1.54) is 5.56 Å². The molecule has 1 saturated heterocycles. The Morgan fingerprint density at radius 1 is 1.28 bits per heavy atom. The Balaban J connectivity index is 1.60. The maximum absolute atomic E-state index is 12.5. The van der Waals surface area contributed by atoms with E-state index in [2.05, 4.69) is 41.0 Å². The zero-order chi connectivity index (χ0) is 23.1. The van der Waals surface area contributed by atoms with Crippen molar-refractivity contribution in [3.05, 3.63) is 41.5 Å². The molecule has 176 valence electrons. The molecule has 0 N–H and O–H groups in total. The molecular formula is C25H38N4O3. The van der Waals surface area contributed by atoms with Gasteiger partial charge in [-0.25, -0.2) is 0 Å². The van der Waals surface area contributed by atoms with Gasteiger partial charge < -0.3 is 14.2 Å². The summed E-state index contributed by atoms with van der Waals surface area (Å²) in [4.78, 5) is 21.4. The normalized spacial score (nSPS) is 17.2. The third-order valence-corrected chi connectivity index (χ3v) is 5.72. The number of para-hydroxylation sites is 1. The summed E-state index contributed by atoms with van der Waals surface area (Å²) < 4.78 is 11.3. The fraction of sp³-hybridized carbons (Fsp3) is 0.640. The van der Waals surface area contributed by atoms with E-state index in [1.807, 2.05) is 30.9 Å². The monoisotopic (exact) mass is 442 g/mol. The number of rotatable bonds is 10. The molecular weight excluding hydrogens is 404 g/mol. The average molecular weight is 443 g/mol. The van der Waals surface area contributed by atoms with Gasteiger partial charge in [0.1, 0.15) is 5.75 Å². The fourth-order valence-electron chi connectivity index (χ4n) is 4.31. The molecule has 2 heterocycles. The van der Waals surface area contributed by atoms with Gasteiger partial charge in [-0.1, -0.05) is 37.2 Å². The molecule has 1 aliphatic rings. The van der Waals surface area contributed by atoms with Crippen molar-refractivity contribution in [2.75, 3.05) is 19.6 Å². The van der Waals surface area contributed by atoms with Gasteiger partial charge in [0, 0.05) is 51.0 Å². The Bertz CT molecular complexity index is 864. The molecule has 1 fully saturated rings. The Hall–Kier alpha value is -2.41. The molecule has 0 bridgehead atoms. The van der Waals surface area contributed by atoms with Crippen molar-refractivity contribution in [2.24, 2.45) is 5.92 Å². The summed E-state index contributed by atoms with van der Waals surface area (Å²) >= 11 is 0. The van der Waals surface area contributed by atoms with Gasteiger partial charge in [0.2, 0.25) is 11.8 Å². The van der Waals surface area contributed by atoms with Crippen LogP contribution in [0.5, 0.6) is 5.75 Å². The van der Waals surface area contributed by atoms with Gasteiger partial charge in [-0.3, -0.25) is 9.69 Å². The fourth-order valence-corrected chi connectivity index (χ4v) is 4.31. The Morgan fingerprint density at radius 2 is 2.06 bits per heavy atom. The van der Waals surface area contributed by atoms with Crippen LogP contribution in [0.15, 0.2) is 28.8 Å². The lowest BCUT2D eigenvalue weighted by Crippen LogP contribution is -2.50. The molecule has 1 atom stereocenters. The highest BCUT2D eigenvalue weighted by molar-refractivity contribution is 5.73. The molecule has 1 aromatic carbocycles. The molecule has 0 radical (unpaired) electrons. The van der Waals surface area contributed by atoms with Crippen LogP contribution in [-0.4, -0.2) is 57.6 Å². The number of hydrogen-bond acceptors (Lipinski definition) is 6. The maximum atomic E-state index is 12.5. The standard InChI is InChI=1S/C25H38N4O3/c1-18(2)15-25-26-24(27-32-25)12-14-29(20(5)30)22-10-8-13-28(17-22)16-21-9-6-7-11-23(21)31-19(3)4/h6-7,9,11,18-19,22H,8,10,12-17H2,1-5H3. The van der Waals surface area contributed by atoms with Gasteiger partial charge >= 0.3 is 0 Å². The minimum absolute atomic E-state index is 0.103. The summed E-state index contributed by atoms with van der Waals surface area (Å²) in [5, 5.41) is 4.10. The van der Waals surface area contributed by atoms with E-state index < -0.39 is 0 Å². The van der Waals surface area contributed by atoms with E-state index in [9.17, 15) is 4.79 Å². The van der Waals surface area contributed by atoms with Crippen LogP contribution in [0.2, 0.25) is 0 Å². The maximum Gasteiger partial charge on any atom is 0.226 e. The molecule has 0 aliphatic carbocycles. The van der Waals surface area contributed by atoms with Crippen molar-refractivity contribution in [3.8, 4) is 5.75 Å². The highest BCUT2D eigenvalue weighted by atomic mass is 16.5. The van der Waals surface area contributed by atoms with Crippen molar-refractivity contribution in [1.82, 2.24) is 19.9 Å². The van der Waals surface area contributed by atoms with Crippen molar-refractivity contribution in [2.45, 2.75) is 79.0 Å². The number of hydrogen-bond donors (Lipinski definition) is 0. The molecule has 7 heteroatoms. The first-order valence-corrected chi connectivity index (χ1v) is 11.9. The molecule has 1 aliphatic heterocycles. The number of likely N-dealkylation sites (tertiary alicyclic amines) is 1. The number of amides is 1. The summed E-state index contributed by atoms with van der Waals surface area (Å²) in [6, 6.07) is 8.44. The molecule has 7 nitrogen and oxygen atoms in total. The number of piperidine rings is 1. The Morgan fingerprint density at radius 3 is 2.78 bits per heavy atom. The van der Waals surface area contributed by atoms with Crippen LogP contribution < -0.4 is 4.74 Å². The third-order valence-electron chi connectivity index (χ3n) is 5.72. The van der Waals surface area contributed by atoms with Crippen LogP contribution >= 0.6 is 0 Å². The number of carbonyl (C=O) groups excluding carboxylic acids is 1. The lowest BCUT2D eigenvalue weighted by Gasteiger charge is -2.39. The highest BCUT2D eigenvalue weighted by Gasteiger charge is 2.27. The molecule has 32 heavy (non-hydrogen) atoms. The van der Waals surface area contributed by atoms with Gasteiger partial charge in [0.05, 0.1) is 6.10 Å². The van der Waals surface area contributed by atoms with E-state index >= 15 is 0 Å². The van der Waals surface area contributed by atoms with Gasteiger partial charge in [-0.2, -0.15) is 4.98 Å². The minimum Gasteiger partial charge on any atom is -0.491 e. The molecule has 1 amide bonds. The quantitative estimate of drug-likeness (QED) is 0.551. The SMILES string of the molecule is CC(=O)N(CCc1noc(CC(C)C)n1)C1CCCN(Cc2ccccc2OC(C)C)C1. The number of benzene rings is 1. The lowest BCUT2D eigenvalue weighted by atomic mass is 10.0. The number of carbonyl (C=O) groups is 1. The lowest BCUT2D eigenvalue weighted by molar-refractivity contribution is -0.132. The molecule has 0 spiro atoms. The molecule has 2 aromatic rings. The van der Waals surface area contributed by atoms with Crippen LogP contribution in [0.3, 0.4) is 0 Å². The van der Waals surface area contributed by atoms with E-state index in [1.54, 1.807) is 6.92 Å². The van der Waals surface area contributed by atoms with Crippen molar-refractivity contribution in [1.29, 1.82) is 0 Å². The van der Waals surface area contributed by atoms with Crippen LogP contribution in [0.25, 0.3) is 0 Å². The Kier molecular flexibility index (Phi) is 8.67. The zero-order valence-corrected chi connectivity index (χ0v) is 20.2. The van der Waals surface area contributed by atoms with Gasteiger partial charge in [0.25, 0.3) is 0 Å². The van der Waals surface area contributed by atoms with E-state index in [0.29, 0.717) is 30.6 Å². The number of nitrogens with zero attached hydrogens (tertiary/aromatic N) is 4. The van der Waals surface area contributed by atoms with Crippen LogP contribution in [0, 0.1) is 5.92 Å². The summed E-state index contributed by atoms with van der Waals surface area (Å²) in [5.41, 5.74) is 1.20. The van der Waals surface area contributed by atoms with E-state index in [-0.39, 0.29) is 18.1 Å². The zero-order valence-electron chi connectivity index (χ0n) is 20.2. The van der Waals surface area contributed by atoms with Gasteiger partial charge in [0.15, 0.2) is 5.82 Å². The van der Waals surface area contributed by atoms with E-state index in [0.717, 1.165) is 44.6 Å². The van der Waals surface area contributed by atoms with Crippen LogP contribution in [0.4, 0.5) is 0 Å². The number of ether oxygens (including phenoxy) is 1. The van der Waals surface area contributed by atoms with Gasteiger partial charge in [-0.15, -0.1) is 0 Å². The topological polar surface area (TPSA) is 71.7 Å². The average Bonchev–Trinajstić information content (AvgIpc) is 3.16. The van der Waals surface area contributed by atoms with E-state index in [4.69, 9.17) is 9.26 Å². The predicted octanol–water partition coefficient (Wildman–Crippen LogP) is 4.11. The molecule has 1 unspecified atom stereocenters. The largest absolute Gasteiger partial charge is 0.491 e. The second-order valence-electron chi connectivity index (χ2n) is 9.47. The summed E-state index contributed by atoms with van der Waals surface area (Å²) in [6.07, 6.45) is 3.63. The molecule has 0 saturated carbocycles. The van der Waals surface area contributed by atoms with Crippen molar-refractivity contribution >= 4 is 5.91 Å². The molecule has 3 rings (SSSR count). The highest BCUT2D eigenvalue weighted by Crippen LogP contribution is 2.24. The van der Waals surface area contributed by atoms with Crippen molar-refractivity contribution < 1.29 is 14.1 Å². The summed E-state index contributed by atoms with van der Waals surface area (Å²) in [5.74, 6) is 2.88. The predicted molar refractivity (Wildman–Crippen MR) is 124 cm³/mol. The minimum atomic E-state index is 0.103. The van der Waals surface area contributed by atoms with Crippen LogP contribution in [0.1, 0.15) is 64.7 Å². The Labute approximate surface area is 192 Å². The van der Waals surface area contributed by atoms with Crippen molar-refractivity contribution in [3.63, 3.8) is 0 Å². The van der Waals surface area contributed by atoms with Gasteiger partial charge in [-0.05, 0) is 45.2 Å². The first kappa shape index (κ1) is 24.2. The smallest absolute Gasteiger partial charge is 0.226 e. The molecule has 1 aromatic heterocycles.